The van der Waals surface area contributed by atoms with Crippen molar-refractivity contribution in [3.63, 3.8) is 0 Å². The van der Waals surface area contributed by atoms with Crippen molar-refractivity contribution < 1.29 is 13.7 Å². The summed E-state index contributed by atoms with van der Waals surface area (Å²) in [6, 6.07) is 16.2. The third kappa shape index (κ3) is 3.52. The van der Waals surface area contributed by atoms with E-state index in [4.69, 9.17) is 9.26 Å². The van der Waals surface area contributed by atoms with Crippen molar-refractivity contribution in [3.8, 4) is 28.4 Å². The van der Waals surface area contributed by atoms with Crippen molar-refractivity contribution in [2.24, 2.45) is 0 Å². The van der Waals surface area contributed by atoms with Crippen LogP contribution in [0.25, 0.3) is 22.6 Å². The first-order chi connectivity index (χ1) is 13.6. The third-order valence-corrected chi connectivity index (χ3v) is 4.11. The molecule has 0 fully saturated rings. The van der Waals surface area contributed by atoms with Gasteiger partial charge in [0.1, 0.15) is 18.1 Å². The maximum Gasteiger partial charge on any atom is 0.267 e. The van der Waals surface area contributed by atoms with Gasteiger partial charge in [-0.2, -0.15) is 10.1 Å². The largest absolute Gasteiger partial charge is 0.496 e. The molecule has 0 saturated heterocycles. The quantitative estimate of drug-likeness (QED) is 0.531. The molecule has 0 bridgehead atoms. The van der Waals surface area contributed by atoms with Crippen LogP contribution in [0.4, 0.5) is 4.39 Å². The number of nitrogens with zero attached hydrogens (tertiary/aromatic N) is 4. The van der Waals surface area contributed by atoms with E-state index in [-0.39, 0.29) is 23.8 Å². The van der Waals surface area contributed by atoms with Crippen LogP contribution in [-0.2, 0) is 6.54 Å². The molecule has 0 aliphatic heterocycles. The van der Waals surface area contributed by atoms with Crippen LogP contribution in [0, 0.1) is 5.82 Å². The second kappa shape index (κ2) is 7.43. The summed E-state index contributed by atoms with van der Waals surface area (Å²) in [5, 5.41) is 8.27. The summed E-state index contributed by atoms with van der Waals surface area (Å²) in [7, 11) is 1.57. The first-order valence-corrected chi connectivity index (χ1v) is 8.44. The molecule has 2 aromatic heterocycles. The van der Waals surface area contributed by atoms with E-state index in [1.807, 2.05) is 24.3 Å². The second-order valence-electron chi connectivity index (χ2n) is 5.93. The fraction of sp³-hybridized carbons (Fsp3) is 0.100. The van der Waals surface area contributed by atoms with Crippen molar-refractivity contribution in [2.75, 3.05) is 7.11 Å². The SMILES string of the molecule is COc1ccccc1-c1ccc(=O)n(Cc2nc(-c3ccc(F)cc3)no2)n1. The highest BCUT2D eigenvalue weighted by molar-refractivity contribution is 5.66. The number of ether oxygens (including phenoxy) is 1. The van der Waals surface area contributed by atoms with Crippen molar-refractivity contribution in [1.82, 2.24) is 19.9 Å². The molecule has 28 heavy (non-hydrogen) atoms. The van der Waals surface area contributed by atoms with E-state index in [1.165, 1.54) is 22.9 Å². The molecule has 140 valence electrons. The predicted octanol–water partition coefficient (Wildman–Crippen LogP) is 3.16. The number of methoxy groups -OCH3 is 1. The molecular formula is C20H15FN4O3. The van der Waals surface area contributed by atoms with E-state index < -0.39 is 0 Å². The maximum absolute atomic E-state index is 13.1. The van der Waals surface area contributed by atoms with E-state index in [0.717, 1.165) is 5.56 Å². The van der Waals surface area contributed by atoms with Crippen LogP contribution < -0.4 is 10.3 Å². The Balaban J connectivity index is 1.64. The van der Waals surface area contributed by atoms with Gasteiger partial charge >= 0.3 is 0 Å². The zero-order chi connectivity index (χ0) is 19.5. The number of para-hydroxylation sites is 1. The number of hydrogen-bond acceptors (Lipinski definition) is 6. The van der Waals surface area contributed by atoms with Gasteiger partial charge in [-0.1, -0.05) is 17.3 Å². The molecular weight excluding hydrogens is 363 g/mol. The van der Waals surface area contributed by atoms with Crippen LogP contribution in [0.2, 0.25) is 0 Å². The summed E-state index contributed by atoms with van der Waals surface area (Å²) in [4.78, 5) is 16.5. The van der Waals surface area contributed by atoms with Gasteiger partial charge in [0.15, 0.2) is 0 Å². The van der Waals surface area contributed by atoms with Gasteiger partial charge in [-0.3, -0.25) is 4.79 Å². The van der Waals surface area contributed by atoms with Crippen molar-refractivity contribution in [1.29, 1.82) is 0 Å². The van der Waals surface area contributed by atoms with Crippen molar-refractivity contribution in [3.05, 3.63) is 82.7 Å². The lowest BCUT2D eigenvalue weighted by Crippen LogP contribution is -2.23. The molecule has 4 rings (SSSR count). The molecule has 0 aliphatic rings. The summed E-state index contributed by atoms with van der Waals surface area (Å²) in [6.45, 7) is 0.00994. The number of aromatic nitrogens is 4. The molecule has 0 spiro atoms. The molecule has 0 radical (unpaired) electrons. The van der Waals surface area contributed by atoms with Gasteiger partial charge in [0.05, 0.1) is 12.8 Å². The summed E-state index contributed by atoms with van der Waals surface area (Å²) < 4.78 is 24.9. The summed E-state index contributed by atoms with van der Waals surface area (Å²) in [5.74, 6) is 0.822. The average molecular weight is 378 g/mol. The maximum atomic E-state index is 13.1. The lowest BCUT2D eigenvalue weighted by Gasteiger charge is -2.09. The molecule has 0 N–H and O–H groups in total. The lowest BCUT2D eigenvalue weighted by atomic mass is 10.1. The molecule has 2 aromatic carbocycles. The van der Waals surface area contributed by atoms with Crippen LogP contribution in [0.1, 0.15) is 5.89 Å². The van der Waals surface area contributed by atoms with Gasteiger partial charge in [0.2, 0.25) is 11.7 Å². The van der Waals surface area contributed by atoms with Gasteiger partial charge < -0.3 is 9.26 Å². The minimum Gasteiger partial charge on any atom is -0.496 e. The summed E-state index contributed by atoms with van der Waals surface area (Å²) in [6.07, 6.45) is 0. The summed E-state index contributed by atoms with van der Waals surface area (Å²) >= 11 is 0. The minimum absolute atomic E-state index is 0.00994. The second-order valence-corrected chi connectivity index (χ2v) is 5.93. The minimum atomic E-state index is -0.351. The molecule has 2 heterocycles. The zero-order valence-corrected chi connectivity index (χ0v) is 14.9. The highest BCUT2D eigenvalue weighted by atomic mass is 19.1. The average Bonchev–Trinajstić information content (AvgIpc) is 3.19. The van der Waals surface area contributed by atoms with E-state index in [1.54, 1.807) is 25.3 Å². The number of rotatable bonds is 5. The topological polar surface area (TPSA) is 83.0 Å². The number of benzene rings is 2. The third-order valence-electron chi connectivity index (χ3n) is 4.11. The van der Waals surface area contributed by atoms with Gasteiger partial charge in [-0.15, -0.1) is 0 Å². The van der Waals surface area contributed by atoms with E-state index >= 15 is 0 Å². The van der Waals surface area contributed by atoms with Crippen molar-refractivity contribution in [2.45, 2.75) is 6.54 Å². The number of hydrogen-bond donors (Lipinski definition) is 0. The molecule has 7 nitrogen and oxygen atoms in total. The molecule has 4 aromatic rings. The smallest absolute Gasteiger partial charge is 0.267 e. The Bertz CT molecular complexity index is 1170. The summed E-state index contributed by atoms with van der Waals surface area (Å²) in [5.41, 5.74) is 1.64. The molecule has 0 unspecified atom stereocenters. The van der Waals surface area contributed by atoms with Gasteiger partial charge in [0, 0.05) is 17.2 Å². The fourth-order valence-electron chi connectivity index (χ4n) is 2.73. The Hall–Kier alpha value is -3.81. The number of halogens is 1. The van der Waals surface area contributed by atoms with Gasteiger partial charge in [-0.05, 0) is 42.5 Å². The van der Waals surface area contributed by atoms with Crippen molar-refractivity contribution >= 4 is 0 Å². The Labute approximate surface area is 159 Å². The Morgan fingerprint density at radius 3 is 2.64 bits per heavy atom. The highest BCUT2D eigenvalue weighted by Gasteiger charge is 2.13. The van der Waals surface area contributed by atoms with E-state index in [2.05, 4.69) is 15.2 Å². The Morgan fingerprint density at radius 1 is 1.07 bits per heavy atom. The normalized spacial score (nSPS) is 10.8. The van der Waals surface area contributed by atoms with Crippen LogP contribution >= 0.6 is 0 Å². The zero-order valence-electron chi connectivity index (χ0n) is 14.9. The van der Waals surface area contributed by atoms with Crippen LogP contribution in [-0.4, -0.2) is 27.0 Å². The van der Waals surface area contributed by atoms with E-state index in [0.29, 0.717) is 22.8 Å². The van der Waals surface area contributed by atoms with Crippen LogP contribution in [0.15, 0.2) is 70.0 Å². The molecule has 0 amide bonds. The first-order valence-electron chi connectivity index (χ1n) is 8.44. The predicted molar refractivity (Wildman–Crippen MR) is 99.3 cm³/mol. The fourth-order valence-corrected chi connectivity index (χ4v) is 2.73. The van der Waals surface area contributed by atoms with Crippen LogP contribution in [0.5, 0.6) is 5.75 Å². The first kappa shape index (κ1) is 17.6. The van der Waals surface area contributed by atoms with Gasteiger partial charge in [0.25, 0.3) is 5.56 Å². The Kier molecular flexibility index (Phi) is 4.67. The lowest BCUT2D eigenvalue weighted by molar-refractivity contribution is 0.363. The standard InChI is InChI=1S/C20H15FN4O3/c1-27-17-5-3-2-4-15(17)16-10-11-19(26)25(23-16)12-18-22-20(24-28-18)13-6-8-14(21)9-7-13/h2-11H,12H2,1H3. The van der Waals surface area contributed by atoms with Gasteiger partial charge in [-0.25, -0.2) is 9.07 Å². The Morgan fingerprint density at radius 2 is 1.86 bits per heavy atom. The monoisotopic (exact) mass is 378 g/mol. The highest BCUT2D eigenvalue weighted by Crippen LogP contribution is 2.27. The molecule has 8 heteroatoms. The molecule has 0 atom stereocenters. The molecule has 0 saturated carbocycles. The van der Waals surface area contributed by atoms with E-state index in [9.17, 15) is 9.18 Å². The molecule has 0 aliphatic carbocycles. The van der Waals surface area contributed by atoms with Crippen LogP contribution in [0.3, 0.4) is 0 Å².